The Morgan fingerprint density at radius 2 is 2.04 bits per heavy atom. The van der Waals surface area contributed by atoms with Crippen molar-refractivity contribution in [3.05, 3.63) is 58.7 Å². The second-order valence-electron chi connectivity index (χ2n) is 6.73. The number of benzene rings is 2. The van der Waals surface area contributed by atoms with Gasteiger partial charge in [0.25, 0.3) is 0 Å². The van der Waals surface area contributed by atoms with Crippen molar-refractivity contribution in [2.75, 3.05) is 18.5 Å². The molecule has 4 rings (SSSR count). The van der Waals surface area contributed by atoms with Crippen LogP contribution >= 0.6 is 11.6 Å². The number of nitrogens with zero attached hydrogens (tertiary/aromatic N) is 2. The van der Waals surface area contributed by atoms with Crippen LogP contribution in [0.25, 0.3) is 11.0 Å². The van der Waals surface area contributed by atoms with E-state index in [1.165, 1.54) is 0 Å². The average molecular weight is 398 g/mol. The zero-order chi connectivity index (χ0) is 19.5. The van der Waals surface area contributed by atoms with E-state index < -0.39 is 5.97 Å². The third kappa shape index (κ3) is 4.08. The van der Waals surface area contributed by atoms with Gasteiger partial charge in [0.2, 0.25) is 0 Å². The molecule has 144 valence electrons. The Kier molecular flexibility index (Phi) is 5.41. The maximum absolute atomic E-state index is 12.7. The molecule has 0 amide bonds. The molecule has 1 aromatic heterocycles. The lowest BCUT2D eigenvalue weighted by molar-refractivity contribution is 0.0157. The Labute approximate surface area is 167 Å². The lowest BCUT2D eigenvalue weighted by atomic mass is 10.2. The van der Waals surface area contributed by atoms with E-state index in [1.807, 2.05) is 43.3 Å². The molecule has 6 nitrogen and oxygen atoms in total. The molecule has 3 aromatic rings. The summed E-state index contributed by atoms with van der Waals surface area (Å²) in [6.07, 6.45) is 1.83. The topological polar surface area (TPSA) is 73.3 Å². The smallest absolute Gasteiger partial charge is 0.360 e. The molecule has 1 aliphatic rings. The fourth-order valence-electron chi connectivity index (χ4n) is 3.05. The third-order valence-electron chi connectivity index (χ3n) is 4.62. The number of anilines is 2. The van der Waals surface area contributed by atoms with Gasteiger partial charge in [-0.15, -0.1) is 0 Å². The summed E-state index contributed by atoms with van der Waals surface area (Å²) in [6, 6.07) is 12.9. The number of carbonyl (C=O) groups is 1. The van der Waals surface area contributed by atoms with Crippen LogP contribution in [0.5, 0.6) is 0 Å². The quantitative estimate of drug-likeness (QED) is 0.630. The Hall–Kier alpha value is -2.70. The molecule has 0 radical (unpaired) electrons. The summed E-state index contributed by atoms with van der Waals surface area (Å²) in [4.78, 5) is 21.8. The van der Waals surface area contributed by atoms with Crippen LogP contribution in [0, 0.1) is 6.92 Å². The van der Waals surface area contributed by atoms with Crippen molar-refractivity contribution in [1.82, 2.24) is 9.97 Å². The van der Waals surface area contributed by atoms with Gasteiger partial charge in [-0.1, -0.05) is 29.8 Å². The van der Waals surface area contributed by atoms with Gasteiger partial charge in [0.05, 0.1) is 17.1 Å². The van der Waals surface area contributed by atoms with Crippen LogP contribution in [0.15, 0.2) is 42.5 Å². The molecule has 28 heavy (non-hydrogen) atoms. The minimum atomic E-state index is -0.533. The molecule has 0 bridgehead atoms. The summed E-state index contributed by atoms with van der Waals surface area (Å²) >= 11 is 6.22. The number of hydrogen-bond acceptors (Lipinski definition) is 6. The Bertz CT molecular complexity index is 1020. The number of halogens is 1. The summed E-state index contributed by atoms with van der Waals surface area (Å²) in [6.45, 7) is 2.85. The van der Waals surface area contributed by atoms with Crippen molar-refractivity contribution >= 4 is 40.1 Å². The highest BCUT2D eigenvalue weighted by atomic mass is 35.5. The minimum Gasteiger partial charge on any atom is -0.458 e. The highest BCUT2D eigenvalue weighted by molar-refractivity contribution is 6.31. The van der Waals surface area contributed by atoms with Gasteiger partial charge in [0.1, 0.15) is 6.61 Å². The van der Waals surface area contributed by atoms with E-state index in [2.05, 4.69) is 15.3 Å². The van der Waals surface area contributed by atoms with Crippen LogP contribution in [-0.2, 0) is 9.47 Å². The SMILES string of the molecule is Cc1ccc(Nc2nc3ccccc3nc2C(=O)OCC2CCCO2)cc1Cl. The molecule has 2 heterocycles. The maximum Gasteiger partial charge on any atom is 0.360 e. The number of fused-ring (bicyclic) bond motifs is 1. The second-order valence-corrected chi connectivity index (χ2v) is 7.14. The molecule has 1 unspecified atom stereocenters. The highest BCUT2D eigenvalue weighted by Gasteiger charge is 2.22. The fourth-order valence-corrected chi connectivity index (χ4v) is 3.23. The maximum atomic E-state index is 12.7. The van der Waals surface area contributed by atoms with E-state index in [9.17, 15) is 4.79 Å². The largest absolute Gasteiger partial charge is 0.458 e. The van der Waals surface area contributed by atoms with E-state index in [1.54, 1.807) is 6.07 Å². The van der Waals surface area contributed by atoms with Crippen molar-refractivity contribution in [3.8, 4) is 0 Å². The van der Waals surface area contributed by atoms with Crippen molar-refractivity contribution in [3.63, 3.8) is 0 Å². The van der Waals surface area contributed by atoms with Gasteiger partial charge in [-0.3, -0.25) is 0 Å². The number of aromatic nitrogens is 2. The standard InChI is InChI=1S/C21H20ClN3O3/c1-13-8-9-14(11-16(13)22)23-20-19(21(26)28-12-15-5-4-10-27-15)24-17-6-2-3-7-18(17)25-20/h2-3,6-9,11,15H,4-5,10,12H2,1H3,(H,23,25). The monoisotopic (exact) mass is 397 g/mol. The zero-order valence-electron chi connectivity index (χ0n) is 15.4. The summed E-state index contributed by atoms with van der Waals surface area (Å²) in [7, 11) is 0. The molecule has 0 saturated carbocycles. The summed E-state index contributed by atoms with van der Waals surface area (Å²) in [5, 5.41) is 3.78. The molecule has 1 fully saturated rings. The van der Waals surface area contributed by atoms with E-state index in [0.717, 1.165) is 18.4 Å². The van der Waals surface area contributed by atoms with Crippen molar-refractivity contribution in [2.45, 2.75) is 25.9 Å². The highest BCUT2D eigenvalue weighted by Crippen LogP contribution is 2.25. The van der Waals surface area contributed by atoms with Crippen LogP contribution in [0.2, 0.25) is 5.02 Å². The summed E-state index contributed by atoms with van der Waals surface area (Å²) < 4.78 is 11.0. The lowest BCUT2D eigenvalue weighted by Crippen LogP contribution is -2.19. The molecule has 0 aliphatic carbocycles. The lowest BCUT2D eigenvalue weighted by Gasteiger charge is -2.14. The van der Waals surface area contributed by atoms with Gasteiger partial charge in [0, 0.05) is 17.3 Å². The number of nitrogens with one attached hydrogen (secondary N) is 1. The number of hydrogen-bond donors (Lipinski definition) is 1. The number of aryl methyl sites for hydroxylation is 1. The van der Waals surface area contributed by atoms with Crippen LogP contribution in [0.1, 0.15) is 28.9 Å². The van der Waals surface area contributed by atoms with E-state index in [4.69, 9.17) is 21.1 Å². The molecule has 2 aromatic carbocycles. The molecule has 1 saturated heterocycles. The normalized spacial score (nSPS) is 16.3. The molecule has 1 N–H and O–H groups in total. The van der Waals surface area contributed by atoms with Gasteiger partial charge < -0.3 is 14.8 Å². The summed E-state index contributed by atoms with van der Waals surface area (Å²) in [5.74, 6) is -0.203. The molecule has 1 aliphatic heterocycles. The Morgan fingerprint density at radius 3 is 2.75 bits per heavy atom. The van der Waals surface area contributed by atoms with Crippen LogP contribution in [0.4, 0.5) is 11.5 Å². The molecule has 1 atom stereocenters. The predicted octanol–water partition coefficient (Wildman–Crippen LogP) is 4.67. The van der Waals surface area contributed by atoms with Gasteiger partial charge in [-0.05, 0) is 49.6 Å². The van der Waals surface area contributed by atoms with Gasteiger partial charge in [-0.25, -0.2) is 14.8 Å². The van der Waals surface area contributed by atoms with Gasteiger partial charge >= 0.3 is 5.97 Å². The van der Waals surface area contributed by atoms with Crippen molar-refractivity contribution in [2.24, 2.45) is 0 Å². The van der Waals surface area contributed by atoms with Gasteiger partial charge in [0.15, 0.2) is 11.5 Å². The van der Waals surface area contributed by atoms with Crippen LogP contribution < -0.4 is 5.32 Å². The van der Waals surface area contributed by atoms with E-state index in [-0.39, 0.29) is 18.4 Å². The Morgan fingerprint density at radius 1 is 1.25 bits per heavy atom. The number of ether oxygens (including phenoxy) is 2. The van der Waals surface area contributed by atoms with Gasteiger partial charge in [-0.2, -0.15) is 0 Å². The number of para-hydroxylation sites is 2. The van der Waals surface area contributed by atoms with Crippen molar-refractivity contribution in [1.29, 1.82) is 0 Å². The molecule has 7 heteroatoms. The summed E-state index contributed by atoms with van der Waals surface area (Å²) in [5.41, 5.74) is 3.12. The predicted molar refractivity (Wildman–Crippen MR) is 108 cm³/mol. The first kappa shape index (κ1) is 18.7. The van der Waals surface area contributed by atoms with E-state index >= 15 is 0 Å². The van der Waals surface area contributed by atoms with E-state index in [0.29, 0.717) is 34.2 Å². The zero-order valence-corrected chi connectivity index (χ0v) is 16.2. The molecule has 0 spiro atoms. The average Bonchev–Trinajstić information content (AvgIpc) is 3.22. The number of carbonyl (C=O) groups excluding carboxylic acids is 1. The second kappa shape index (κ2) is 8.12. The Balaban J connectivity index is 1.65. The minimum absolute atomic E-state index is 0.0512. The number of esters is 1. The first-order chi connectivity index (χ1) is 13.6. The molecular weight excluding hydrogens is 378 g/mol. The van der Waals surface area contributed by atoms with Crippen molar-refractivity contribution < 1.29 is 14.3 Å². The fraction of sp³-hybridized carbons (Fsp3) is 0.286. The first-order valence-electron chi connectivity index (χ1n) is 9.19. The first-order valence-corrected chi connectivity index (χ1v) is 9.56. The number of rotatable bonds is 5. The van der Waals surface area contributed by atoms with Crippen LogP contribution in [0.3, 0.4) is 0 Å². The third-order valence-corrected chi connectivity index (χ3v) is 5.03. The van der Waals surface area contributed by atoms with Crippen LogP contribution in [-0.4, -0.2) is 35.3 Å². The molecular formula is C21H20ClN3O3.